The van der Waals surface area contributed by atoms with Crippen molar-refractivity contribution in [2.45, 2.75) is 64.8 Å². The molecule has 2 saturated heterocycles. The fourth-order valence-corrected chi connectivity index (χ4v) is 8.34. The zero-order valence-electron chi connectivity index (χ0n) is 26.1. The van der Waals surface area contributed by atoms with Gasteiger partial charge < -0.3 is 26.6 Å². The third-order valence-corrected chi connectivity index (χ3v) is 11.9. The molecule has 14 heteroatoms. The zero-order chi connectivity index (χ0) is 32.2. The SMILES string of the molecule is CCCCN1CCC(C(=O)NCCS(=O)(=O)N2CCC(Nc3ncc(Br)c(Nc4cccc(C)c4C(N)=O)n3)CC2)C2(CC2)C1. The topological polar surface area (TPSA) is 163 Å². The van der Waals surface area contributed by atoms with E-state index in [9.17, 15) is 18.0 Å². The molecule has 3 heterocycles. The number of piperidine rings is 2. The van der Waals surface area contributed by atoms with Gasteiger partial charge in [-0.2, -0.15) is 4.98 Å². The van der Waals surface area contributed by atoms with Crippen LogP contribution in [0.15, 0.2) is 28.9 Å². The van der Waals surface area contributed by atoms with Crippen LogP contribution in [0.4, 0.5) is 17.5 Å². The lowest BCUT2D eigenvalue weighted by molar-refractivity contribution is -0.129. The molecule has 1 saturated carbocycles. The number of carbonyl (C=O) groups excluding carboxylic acids is 2. The maximum atomic E-state index is 13.1. The quantitative estimate of drug-likeness (QED) is 0.244. The largest absolute Gasteiger partial charge is 0.366 e. The van der Waals surface area contributed by atoms with Crippen LogP contribution in [0.2, 0.25) is 0 Å². The first-order chi connectivity index (χ1) is 21.5. The first-order valence-corrected chi connectivity index (χ1v) is 18.3. The molecule has 1 atom stereocenters. The van der Waals surface area contributed by atoms with Crippen molar-refractivity contribution in [2.75, 3.05) is 55.7 Å². The number of nitrogens with zero attached hydrogens (tertiary/aromatic N) is 4. The minimum Gasteiger partial charge on any atom is -0.366 e. The average Bonchev–Trinajstić information content (AvgIpc) is 3.76. The summed E-state index contributed by atoms with van der Waals surface area (Å²) < 4.78 is 28.4. The zero-order valence-corrected chi connectivity index (χ0v) is 28.6. The van der Waals surface area contributed by atoms with E-state index < -0.39 is 15.9 Å². The van der Waals surface area contributed by atoms with E-state index in [4.69, 9.17) is 5.73 Å². The molecule has 3 aliphatic rings. The van der Waals surface area contributed by atoms with Gasteiger partial charge in [0.25, 0.3) is 5.91 Å². The third kappa shape index (κ3) is 8.13. The number of anilines is 3. The van der Waals surface area contributed by atoms with Gasteiger partial charge in [-0.15, -0.1) is 0 Å². The van der Waals surface area contributed by atoms with Crippen molar-refractivity contribution in [1.82, 2.24) is 24.5 Å². The molecule has 45 heavy (non-hydrogen) atoms. The smallest absolute Gasteiger partial charge is 0.251 e. The van der Waals surface area contributed by atoms with E-state index in [-0.39, 0.29) is 35.6 Å². The van der Waals surface area contributed by atoms with Gasteiger partial charge in [-0.1, -0.05) is 25.5 Å². The standard InChI is InChI=1S/C31H45BrN8O4S/c1-3-4-14-39-15-10-23(31(20-39)11-12-31)29(42)34-13-18-45(43,44)40-16-8-22(9-17-40)36-30-35-19-24(32)28(38-30)37-25-7-5-6-21(2)26(25)27(33)41/h5-7,19,22-23H,3-4,8-18,20H2,1-2H3,(H2,33,41)(H,34,42)(H2,35,36,37,38). The molecule has 1 aliphatic carbocycles. The van der Waals surface area contributed by atoms with E-state index in [1.165, 1.54) is 17.1 Å². The van der Waals surface area contributed by atoms with Gasteiger partial charge in [-0.25, -0.2) is 17.7 Å². The molecule has 1 unspecified atom stereocenters. The summed E-state index contributed by atoms with van der Waals surface area (Å²) in [7, 11) is -3.50. The first-order valence-electron chi connectivity index (χ1n) is 15.9. The summed E-state index contributed by atoms with van der Waals surface area (Å²) in [5, 5.41) is 9.45. The first kappa shape index (κ1) is 33.6. The van der Waals surface area contributed by atoms with Crippen LogP contribution in [0.5, 0.6) is 0 Å². The molecule has 5 rings (SSSR count). The summed E-state index contributed by atoms with van der Waals surface area (Å²) in [5.41, 5.74) is 7.38. The number of nitrogens with one attached hydrogen (secondary N) is 3. The van der Waals surface area contributed by atoms with Crippen molar-refractivity contribution in [3.63, 3.8) is 0 Å². The van der Waals surface area contributed by atoms with Gasteiger partial charge in [-0.3, -0.25) is 9.59 Å². The molecule has 246 valence electrons. The van der Waals surface area contributed by atoms with E-state index in [1.807, 2.05) is 19.1 Å². The van der Waals surface area contributed by atoms with Crippen LogP contribution in [-0.2, 0) is 14.8 Å². The molecule has 3 fully saturated rings. The molecular formula is C31H45BrN8O4S. The Kier molecular flexibility index (Phi) is 10.7. The van der Waals surface area contributed by atoms with Crippen molar-refractivity contribution in [3.8, 4) is 0 Å². The van der Waals surface area contributed by atoms with Gasteiger partial charge in [0.05, 0.1) is 21.5 Å². The molecule has 2 aliphatic heterocycles. The number of benzene rings is 1. The molecule has 0 bridgehead atoms. The highest BCUT2D eigenvalue weighted by atomic mass is 79.9. The average molecular weight is 706 g/mol. The summed E-state index contributed by atoms with van der Waals surface area (Å²) in [6, 6.07) is 5.40. The second-order valence-electron chi connectivity index (χ2n) is 12.6. The minimum atomic E-state index is -3.50. The van der Waals surface area contributed by atoms with Gasteiger partial charge in [0.15, 0.2) is 0 Å². The van der Waals surface area contributed by atoms with Crippen molar-refractivity contribution < 1.29 is 18.0 Å². The second-order valence-corrected chi connectivity index (χ2v) is 15.6. The summed E-state index contributed by atoms with van der Waals surface area (Å²) in [4.78, 5) is 36.5. The Labute approximate surface area is 274 Å². The van der Waals surface area contributed by atoms with Crippen LogP contribution in [0.3, 0.4) is 0 Å². The van der Waals surface area contributed by atoms with E-state index >= 15 is 0 Å². The van der Waals surface area contributed by atoms with Crippen molar-refractivity contribution >= 4 is 55.2 Å². The number of carbonyl (C=O) groups is 2. The van der Waals surface area contributed by atoms with Crippen LogP contribution >= 0.6 is 15.9 Å². The molecule has 0 radical (unpaired) electrons. The number of primary amides is 1. The number of aryl methyl sites for hydroxylation is 1. The number of unbranched alkanes of at least 4 members (excludes halogenated alkanes) is 1. The second kappa shape index (κ2) is 14.3. The lowest BCUT2D eigenvalue weighted by atomic mass is 9.81. The minimum absolute atomic E-state index is 0.0109. The van der Waals surface area contributed by atoms with Gasteiger partial charge >= 0.3 is 0 Å². The normalized spacial score (nSPS) is 20.6. The van der Waals surface area contributed by atoms with E-state index in [0.717, 1.165) is 44.5 Å². The number of rotatable bonds is 13. The number of sulfonamides is 1. The van der Waals surface area contributed by atoms with Crippen molar-refractivity contribution in [3.05, 3.63) is 40.0 Å². The summed E-state index contributed by atoms with van der Waals surface area (Å²) in [5.74, 6) is 0.222. The number of likely N-dealkylation sites (tertiary alicyclic amines) is 1. The Morgan fingerprint density at radius 1 is 1.16 bits per heavy atom. The lowest BCUT2D eigenvalue weighted by Crippen LogP contribution is -2.49. The number of aromatic nitrogens is 2. The maximum Gasteiger partial charge on any atom is 0.251 e. The number of amides is 2. The van der Waals surface area contributed by atoms with Crippen LogP contribution in [-0.4, -0.2) is 90.5 Å². The van der Waals surface area contributed by atoms with Gasteiger partial charge in [0.1, 0.15) is 5.82 Å². The number of hydrogen-bond acceptors (Lipinski definition) is 9. The number of nitrogens with two attached hydrogens (primary N) is 1. The molecule has 2 amide bonds. The summed E-state index contributed by atoms with van der Waals surface area (Å²) in [6.45, 7) is 7.92. The van der Waals surface area contributed by atoms with Crippen molar-refractivity contribution in [1.29, 1.82) is 0 Å². The fourth-order valence-electron chi connectivity index (χ4n) is 6.67. The summed E-state index contributed by atoms with van der Waals surface area (Å²) in [6.07, 6.45) is 8.18. The predicted octanol–water partition coefficient (Wildman–Crippen LogP) is 3.61. The molecular weight excluding hydrogens is 660 g/mol. The van der Waals surface area contributed by atoms with Crippen LogP contribution in [0.25, 0.3) is 0 Å². The fraction of sp³-hybridized carbons (Fsp3) is 0.613. The Hall–Kier alpha value is -2.81. The molecule has 1 aromatic heterocycles. The number of hydrogen-bond donors (Lipinski definition) is 4. The monoisotopic (exact) mass is 704 g/mol. The summed E-state index contributed by atoms with van der Waals surface area (Å²) >= 11 is 3.46. The Balaban J connectivity index is 1.09. The maximum absolute atomic E-state index is 13.1. The Bertz CT molecular complexity index is 1490. The van der Waals surface area contributed by atoms with Gasteiger partial charge in [0, 0.05) is 44.3 Å². The van der Waals surface area contributed by atoms with Gasteiger partial charge in [-0.05, 0) is 91.5 Å². The Morgan fingerprint density at radius 3 is 2.60 bits per heavy atom. The van der Waals surface area contributed by atoms with E-state index in [2.05, 4.69) is 53.7 Å². The van der Waals surface area contributed by atoms with Crippen molar-refractivity contribution in [2.24, 2.45) is 17.1 Å². The Morgan fingerprint density at radius 2 is 1.91 bits per heavy atom. The van der Waals surface area contributed by atoms with E-state index in [0.29, 0.717) is 53.4 Å². The lowest BCUT2D eigenvalue weighted by Gasteiger charge is -2.38. The number of halogens is 1. The van der Waals surface area contributed by atoms with Crippen LogP contribution < -0.4 is 21.7 Å². The van der Waals surface area contributed by atoms with Crippen LogP contribution in [0.1, 0.15) is 67.8 Å². The molecule has 1 spiro atoms. The predicted molar refractivity (Wildman–Crippen MR) is 179 cm³/mol. The highest BCUT2D eigenvalue weighted by molar-refractivity contribution is 9.10. The molecule has 1 aromatic carbocycles. The highest BCUT2D eigenvalue weighted by Gasteiger charge is 2.54. The molecule has 12 nitrogen and oxygen atoms in total. The van der Waals surface area contributed by atoms with Gasteiger partial charge in [0.2, 0.25) is 21.9 Å². The highest BCUT2D eigenvalue weighted by Crippen LogP contribution is 2.55. The third-order valence-electron chi connectivity index (χ3n) is 9.40. The van der Waals surface area contributed by atoms with Crippen LogP contribution in [0, 0.1) is 18.3 Å². The molecule has 5 N–H and O–H groups in total. The molecule has 2 aromatic rings. The van der Waals surface area contributed by atoms with E-state index in [1.54, 1.807) is 12.3 Å².